The Balaban J connectivity index is 2.03. The molecule has 100 valence electrons. The van der Waals surface area contributed by atoms with Crippen molar-refractivity contribution >= 4 is 22.4 Å². The fourth-order valence-electron chi connectivity index (χ4n) is 1.47. The summed E-state index contributed by atoms with van der Waals surface area (Å²) < 4.78 is 13.4. The normalized spacial score (nSPS) is 10.4. The van der Waals surface area contributed by atoms with Gasteiger partial charge < -0.3 is 5.73 Å². The number of nitrogens with two attached hydrogens (primary N) is 1. The average Bonchev–Trinajstić information content (AvgIpc) is 2.84. The lowest BCUT2D eigenvalue weighted by molar-refractivity contribution is 0.102. The molecule has 0 radical (unpaired) electrons. The molecule has 0 saturated carbocycles. The molecule has 1 amide bonds. The molecule has 2 rings (SSSR count). The van der Waals surface area contributed by atoms with E-state index in [1.807, 2.05) is 0 Å². The standard InChI is InChI=1S/C12H13FN4OS/c13-9-5-2-1-4-8(9)11(18)15-12-17-16-10(19-12)6-3-7-14/h1-2,4-5H,3,6-7,14H2,(H,15,17,18). The van der Waals surface area contributed by atoms with Crippen molar-refractivity contribution in [2.75, 3.05) is 11.9 Å². The van der Waals surface area contributed by atoms with Crippen LogP contribution < -0.4 is 11.1 Å². The zero-order chi connectivity index (χ0) is 13.7. The molecular formula is C12H13FN4OS. The minimum Gasteiger partial charge on any atom is -0.330 e. The van der Waals surface area contributed by atoms with Gasteiger partial charge in [-0.1, -0.05) is 23.5 Å². The highest BCUT2D eigenvalue weighted by Crippen LogP contribution is 2.18. The second-order valence-corrected chi connectivity index (χ2v) is 4.89. The van der Waals surface area contributed by atoms with Gasteiger partial charge in [0, 0.05) is 6.42 Å². The molecule has 0 aliphatic heterocycles. The number of rotatable bonds is 5. The first kappa shape index (κ1) is 13.6. The summed E-state index contributed by atoms with van der Waals surface area (Å²) in [5, 5.41) is 11.5. The number of carbonyl (C=O) groups is 1. The summed E-state index contributed by atoms with van der Waals surface area (Å²) in [7, 11) is 0. The van der Waals surface area contributed by atoms with E-state index in [-0.39, 0.29) is 5.56 Å². The lowest BCUT2D eigenvalue weighted by atomic mass is 10.2. The van der Waals surface area contributed by atoms with E-state index >= 15 is 0 Å². The molecule has 2 aromatic rings. The first-order valence-electron chi connectivity index (χ1n) is 5.79. The van der Waals surface area contributed by atoms with Crippen LogP contribution in [0.4, 0.5) is 9.52 Å². The number of aryl methyl sites for hydroxylation is 1. The predicted octanol–water partition coefficient (Wildman–Crippen LogP) is 1.82. The van der Waals surface area contributed by atoms with Gasteiger partial charge in [-0.25, -0.2) is 4.39 Å². The molecule has 0 aliphatic carbocycles. The molecule has 0 bridgehead atoms. The van der Waals surface area contributed by atoms with E-state index in [0.29, 0.717) is 11.7 Å². The van der Waals surface area contributed by atoms with E-state index < -0.39 is 11.7 Å². The summed E-state index contributed by atoms with van der Waals surface area (Å²) in [6.45, 7) is 0.580. The lowest BCUT2D eigenvalue weighted by Gasteiger charge is -2.01. The van der Waals surface area contributed by atoms with E-state index in [2.05, 4.69) is 15.5 Å². The highest BCUT2D eigenvalue weighted by molar-refractivity contribution is 7.15. The molecule has 3 N–H and O–H groups in total. The molecule has 19 heavy (non-hydrogen) atoms. The van der Waals surface area contributed by atoms with Gasteiger partial charge in [-0.05, 0) is 25.1 Å². The van der Waals surface area contributed by atoms with Gasteiger partial charge in [-0.3, -0.25) is 10.1 Å². The van der Waals surface area contributed by atoms with Gasteiger partial charge in [0.15, 0.2) is 0 Å². The smallest absolute Gasteiger partial charge is 0.260 e. The SMILES string of the molecule is NCCCc1nnc(NC(=O)c2ccccc2F)s1. The summed E-state index contributed by atoms with van der Waals surface area (Å²) in [6, 6.07) is 5.79. The summed E-state index contributed by atoms with van der Waals surface area (Å²) in [5.41, 5.74) is 5.39. The molecule has 1 aromatic heterocycles. The molecule has 1 aromatic carbocycles. The number of anilines is 1. The van der Waals surface area contributed by atoms with Crippen LogP contribution in [0.3, 0.4) is 0 Å². The average molecular weight is 280 g/mol. The van der Waals surface area contributed by atoms with Gasteiger partial charge in [0.05, 0.1) is 5.56 Å². The maximum Gasteiger partial charge on any atom is 0.260 e. The quantitative estimate of drug-likeness (QED) is 0.875. The molecule has 0 atom stereocenters. The molecule has 0 aliphatic rings. The molecule has 0 fully saturated rings. The number of aromatic nitrogens is 2. The monoisotopic (exact) mass is 280 g/mol. The van der Waals surface area contributed by atoms with E-state index in [1.54, 1.807) is 6.07 Å². The number of hydrogen-bond acceptors (Lipinski definition) is 5. The van der Waals surface area contributed by atoms with Crippen LogP contribution in [0.15, 0.2) is 24.3 Å². The van der Waals surface area contributed by atoms with Crippen molar-refractivity contribution in [1.82, 2.24) is 10.2 Å². The maximum absolute atomic E-state index is 13.4. The van der Waals surface area contributed by atoms with E-state index in [1.165, 1.54) is 29.5 Å². The minimum atomic E-state index is -0.562. The Hall–Kier alpha value is -1.86. The number of amides is 1. The summed E-state index contributed by atoms with van der Waals surface area (Å²) >= 11 is 1.27. The van der Waals surface area contributed by atoms with Gasteiger partial charge in [-0.2, -0.15) is 0 Å². The predicted molar refractivity (Wildman–Crippen MR) is 71.6 cm³/mol. The Bertz CT molecular complexity index is 572. The number of carbonyl (C=O) groups excluding carboxylic acids is 1. The Kier molecular flexibility index (Phi) is 4.53. The van der Waals surface area contributed by atoms with Gasteiger partial charge >= 0.3 is 0 Å². The van der Waals surface area contributed by atoms with Gasteiger partial charge in [0.1, 0.15) is 10.8 Å². The Labute approximate surface area is 113 Å². The zero-order valence-electron chi connectivity index (χ0n) is 10.1. The number of halogens is 1. The van der Waals surface area contributed by atoms with Gasteiger partial charge in [0.25, 0.3) is 5.91 Å². The topological polar surface area (TPSA) is 80.9 Å². The lowest BCUT2D eigenvalue weighted by Crippen LogP contribution is -2.13. The largest absolute Gasteiger partial charge is 0.330 e. The molecular weight excluding hydrogens is 267 g/mol. The van der Waals surface area contributed by atoms with Crippen molar-refractivity contribution in [3.8, 4) is 0 Å². The third-order valence-corrected chi connectivity index (χ3v) is 3.30. The number of benzene rings is 1. The Morgan fingerprint density at radius 3 is 2.89 bits per heavy atom. The number of hydrogen-bond donors (Lipinski definition) is 2. The van der Waals surface area contributed by atoms with Crippen molar-refractivity contribution in [2.24, 2.45) is 5.73 Å². The Morgan fingerprint density at radius 2 is 2.16 bits per heavy atom. The fourth-order valence-corrected chi connectivity index (χ4v) is 2.24. The van der Waals surface area contributed by atoms with E-state index in [4.69, 9.17) is 5.73 Å². The molecule has 0 unspecified atom stereocenters. The van der Waals surface area contributed by atoms with Crippen LogP contribution in [0.5, 0.6) is 0 Å². The summed E-state index contributed by atoms with van der Waals surface area (Å²) in [4.78, 5) is 11.8. The second kappa shape index (κ2) is 6.35. The van der Waals surface area contributed by atoms with Crippen molar-refractivity contribution < 1.29 is 9.18 Å². The van der Waals surface area contributed by atoms with E-state index in [9.17, 15) is 9.18 Å². The van der Waals surface area contributed by atoms with Crippen LogP contribution in [-0.2, 0) is 6.42 Å². The molecule has 0 spiro atoms. The number of nitrogens with zero attached hydrogens (tertiary/aromatic N) is 2. The highest BCUT2D eigenvalue weighted by atomic mass is 32.1. The van der Waals surface area contributed by atoms with Crippen LogP contribution in [0.25, 0.3) is 0 Å². The van der Waals surface area contributed by atoms with Crippen molar-refractivity contribution in [3.63, 3.8) is 0 Å². The van der Waals surface area contributed by atoms with Crippen LogP contribution in [0, 0.1) is 5.82 Å². The minimum absolute atomic E-state index is 0.0128. The Morgan fingerprint density at radius 1 is 1.37 bits per heavy atom. The molecule has 1 heterocycles. The highest BCUT2D eigenvalue weighted by Gasteiger charge is 2.13. The third kappa shape index (κ3) is 3.55. The first-order chi connectivity index (χ1) is 9.20. The third-order valence-electron chi connectivity index (χ3n) is 2.40. The second-order valence-electron chi connectivity index (χ2n) is 3.83. The maximum atomic E-state index is 13.4. The molecule has 5 nitrogen and oxygen atoms in total. The van der Waals surface area contributed by atoms with Crippen molar-refractivity contribution in [1.29, 1.82) is 0 Å². The summed E-state index contributed by atoms with van der Waals surface area (Å²) in [5.74, 6) is -1.09. The van der Waals surface area contributed by atoms with Crippen LogP contribution >= 0.6 is 11.3 Å². The van der Waals surface area contributed by atoms with Gasteiger partial charge in [0.2, 0.25) is 5.13 Å². The summed E-state index contributed by atoms with van der Waals surface area (Å²) in [6.07, 6.45) is 1.54. The van der Waals surface area contributed by atoms with Crippen LogP contribution in [0.1, 0.15) is 21.8 Å². The van der Waals surface area contributed by atoms with Crippen LogP contribution in [0.2, 0.25) is 0 Å². The fraction of sp³-hybridized carbons (Fsp3) is 0.250. The van der Waals surface area contributed by atoms with E-state index in [0.717, 1.165) is 17.8 Å². The number of nitrogens with one attached hydrogen (secondary N) is 1. The van der Waals surface area contributed by atoms with Crippen LogP contribution in [-0.4, -0.2) is 22.6 Å². The molecule has 0 saturated heterocycles. The van der Waals surface area contributed by atoms with Crippen molar-refractivity contribution in [2.45, 2.75) is 12.8 Å². The molecule has 7 heteroatoms. The zero-order valence-corrected chi connectivity index (χ0v) is 10.9. The van der Waals surface area contributed by atoms with Crippen molar-refractivity contribution in [3.05, 3.63) is 40.7 Å². The van der Waals surface area contributed by atoms with Gasteiger partial charge in [-0.15, -0.1) is 10.2 Å². The first-order valence-corrected chi connectivity index (χ1v) is 6.60.